The van der Waals surface area contributed by atoms with Gasteiger partial charge in [-0.25, -0.2) is 0 Å². The maximum absolute atomic E-state index is 2.34. The summed E-state index contributed by atoms with van der Waals surface area (Å²) in [4.78, 5) is 0. The predicted molar refractivity (Wildman–Crippen MR) is 60.9 cm³/mol. The summed E-state index contributed by atoms with van der Waals surface area (Å²) in [5.41, 5.74) is 0. The highest BCUT2D eigenvalue weighted by atomic mass is 32.2. The van der Waals surface area contributed by atoms with Gasteiger partial charge < -0.3 is 0 Å². The maximum atomic E-state index is 2.34. The summed E-state index contributed by atoms with van der Waals surface area (Å²) in [5, 5.41) is 1.94. The Balaban J connectivity index is 0.000000561. The van der Waals surface area contributed by atoms with Crippen molar-refractivity contribution >= 4 is 11.8 Å². The molecular weight excluding hydrogens is 164 g/mol. The second-order valence-corrected chi connectivity index (χ2v) is 5.07. The van der Waals surface area contributed by atoms with Gasteiger partial charge in [0, 0.05) is 10.5 Å². The average Bonchev–Trinajstić information content (AvgIpc) is 2.55. The van der Waals surface area contributed by atoms with Crippen LogP contribution in [0.25, 0.3) is 0 Å². The number of hydrogen-bond donors (Lipinski definition) is 0. The monoisotopic (exact) mass is 188 g/mol. The Morgan fingerprint density at radius 3 is 2.08 bits per heavy atom. The third kappa shape index (κ3) is 3.84. The van der Waals surface area contributed by atoms with Gasteiger partial charge in [-0.05, 0) is 25.2 Å². The fourth-order valence-corrected chi connectivity index (χ4v) is 3.07. The molecule has 2 atom stereocenters. The summed E-state index contributed by atoms with van der Waals surface area (Å²) >= 11 is 2.22. The molecule has 1 heterocycles. The molecule has 1 rings (SSSR count). The third-order valence-electron chi connectivity index (χ3n) is 2.34. The van der Waals surface area contributed by atoms with E-state index in [-0.39, 0.29) is 0 Å². The van der Waals surface area contributed by atoms with Gasteiger partial charge in [0.1, 0.15) is 0 Å². The van der Waals surface area contributed by atoms with Crippen molar-refractivity contribution in [1.82, 2.24) is 0 Å². The second-order valence-electron chi connectivity index (χ2n) is 3.53. The molecule has 0 nitrogen and oxygen atoms in total. The Morgan fingerprint density at radius 1 is 1.25 bits per heavy atom. The summed E-state index contributed by atoms with van der Waals surface area (Å²) in [6.07, 6.45) is 4.29. The maximum Gasteiger partial charge on any atom is 0.00732 e. The molecule has 0 aromatic heterocycles. The zero-order valence-electron chi connectivity index (χ0n) is 9.26. The normalized spacial score (nSPS) is 28.5. The van der Waals surface area contributed by atoms with Crippen molar-refractivity contribution in [1.29, 1.82) is 0 Å². The largest absolute Gasteiger partial charge is 0.155 e. The van der Waals surface area contributed by atoms with Gasteiger partial charge in [0.05, 0.1) is 0 Å². The predicted octanol–water partition coefficient (Wildman–Crippen LogP) is 4.34. The van der Waals surface area contributed by atoms with E-state index in [1.807, 2.05) is 13.8 Å². The van der Waals surface area contributed by atoms with E-state index in [9.17, 15) is 0 Å². The molecule has 12 heavy (non-hydrogen) atoms. The molecule has 0 aromatic carbocycles. The first-order chi connectivity index (χ1) is 5.74. The van der Waals surface area contributed by atoms with E-state index in [0.717, 1.165) is 16.4 Å². The second kappa shape index (κ2) is 6.82. The Morgan fingerprint density at radius 2 is 1.83 bits per heavy atom. The Bertz CT molecular complexity index is 99.2. The van der Waals surface area contributed by atoms with Crippen LogP contribution in [0.1, 0.15) is 53.9 Å². The van der Waals surface area contributed by atoms with Crippen molar-refractivity contribution in [3.05, 3.63) is 0 Å². The van der Waals surface area contributed by atoms with Crippen LogP contribution >= 0.6 is 11.8 Å². The molecule has 1 fully saturated rings. The van der Waals surface area contributed by atoms with Gasteiger partial charge in [0.25, 0.3) is 0 Å². The zero-order valence-corrected chi connectivity index (χ0v) is 10.1. The van der Waals surface area contributed by atoms with E-state index in [1.54, 1.807) is 0 Å². The van der Waals surface area contributed by atoms with Gasteiger partial charge in [-0.3, -0.25) is 0 Å². The topological polar surface area (TPSA) is 0 Å². The van der Waals surface area contributed by atoms with E-state index in [4.69, 9.17) is 0 Å². The number of rotatable bonds is 2. The van der Waals surface area contributed by atoms with E-state index >= 15 is 0 Å². The molecular formula is C11H24S. The van der Waals surface area contributed by atoms with Crippen molar-refractivity contribution in [2.45, 2.75) is 64.4 Å². The smallest absolute Gasteiger partial charge is 0.00732 e. The number of hydrogen-bond acceptors (Lipinski definition) is 1. The highest BCUT2D eigenvalue weighted by molar-refractivity contribution is 8.00. The molecule has 0 N–H and O–H groups in total. The van der Waals surface area contributed by atoms with Gasteiger partial charge in [0.15, 0.2) is 0 Å². The van der Waals surface area contributed by atoms with Crippen LogP contribution in [0.15, 0.2) is 0 Å². The van der Waals surface area contributed by atoms with Crippen molar-refractivity contribution in [3.8, 4) is 0 Å². The first-order valence-corrected chi connectivity index (χ1v) is 6.33. The lowest BCUT2D eigenvalue weighted by molar-refractivity contribution is 0.576. The first kappa shape index (κ1) is 12.3. The number of thioether (sulfide) groups is 1. The molecule has 0 spiro atoms. The Labute approximate surface area is 82.5 Å². The SMILES string of the molecule is CC.CCC1CCC(C(C)C)S1. The van der Waals surface area contributed by atoms with Gasteiger partial charge in [-0.1, -0.05) is 34.6 Å². The molecule has 74 valence electrons. The van der Waals surface area contributed by atoms with Crippen molar-refractivity contribution < 1.29 is 0 Å². The van der Waals surface area contributed by atoms with E-state index in [0.29, 0.717) is 0 Å². The molecule has 0 bridgehead atoms. The minimum atomic E-state index is 0.890. The lowest BCUT2D eigenvalue weighted by Crippen LogP contribution is -2.05. The molecule has 1 heteroatoms. The van der Waals surface area contributed by atoms with Crippen molar-refractivity contribution in [3.63, 3.8) is 0 Å². The summed E-state index contributed by atoms with van der Waals surface area (Å²) < 4.78 is 0. The lowest BCUT2D eigenvalue weighted by Gasteiger charge is -2.13. The van der Waals surface area contributed by atoms with Crippen LogP contribution in [0.5, 0.6) is 0 Å². The molecule has 0 saturated carbocycles. The Hall–Kier alpha value is 0.350. The molecule has 0 radical (unpaired) electrons. The highest BCUT2D eigenvalue weighted by Gasteiger charge is 2.25. The molecule has 0 aromatic rings. The van der Waals surface area contributed by atoms with Gasteiger partial charge in [-0.15, -0.1) is 0 Å². The molecule has 0 aliphatic carbocycles. The van der Waals surface area contributed by atoms with Crippen LogP contribution in [0.4, 0.5) is 0 Å². The first-order valence-electron chi connectivity index (χ1n) is 5.39. The minimum absolute atomic E-state index is 0.890. The molecule has 1 saturated heterocycles. The molecule has 2 unspecified atom stereocenters. The molecule has 1 aliphatic rings. The van der Waals surface area contributed by atoms with Gasteiger partial charge >= 0.3 is 0 Å². The fraction of sp³-hybridized carbons (Fsp3) is 1.00. The summed E-state index contributed by atoms with van der Waals surface area (Å²) in [5.74, 6) is 0.890. The van der Waals surface area contributed by atoms with Crippen LogP contribution in [-0.2, 0) is 0 Å². The summed E-state index contributed by atoms with van der Waals surface area (Å²) in [6.45, 7) is 11.0. The average molecular weight is 188 g/mol. The lowest BCUT2D eigenvalue weighted by atomic mass is 10.0. The van der Waals surface area contributed by atoms with Crippen LogP contribution in [0, 0.1) is 5.92 Å². The molecule has 0 amide bonds. The van der Waals surface area contributed by atoms with Gasteiger partial charge in [0.2, 0.25) is 0 Å². The minimum Gasteiger partial charge on any atom is -0.155 e. The van der Waals surface area contributed by atoms with Crippen LogP contribution in [0.2, 0.25) is 0 Å². The Kier molecular flexibility index (Phi) is 7.02. The quantitative estimate of drug-likeness (QED) is 0.621. The fourth-order valence-electron chi connectivity index (χ4n) is 1.52. The molecule has 1 aliphatic heterocycles. The van der Waals surface area contributed by atoms with E-state index in [1.165, 1.54) is 19.3 Å². The summed E-state index contributed by atoms with van der Waals surface area (Å²) in [7, 11) is 0. The highest BCUT2D eigenvalue weighted by Crippen LogP contribution is 2.38. The summed E-state index contributed by atoms with van der Waals surface area (Å²) in [6, 6.07) is 0. The standard InChI is InChI=1S/C9H18S.C2H6/c1-4-8-5-6-9(10-8)7(2)3;1-2/h7-9H,4-6H2,1-3H3;1-2H3. The van der Waals surface area contributed by atoms with E-state index in [2.05, 4.69) is 32.5 Å². The van der Waals surface area contributed by atoms with Gasteiger partial charge in [-0.2, -0.15) is 11.8 Å². The van der Waals surface area contributed by atoms with Crippen LogP contribution in [-0.4, -0.2) is 10.5 Å². The van der Waals surface area contributed by atoms with Crippen molar-refractivity contribution in [2.24, 2.45) is 5.92 Å². The van der Waals surface area contributed by atoms with E-state index < -0.39 is 0 Å². The zero-order chi connectivity index (χ0) is 9.56. The van der Waals surface area contributed by atoms with Crippen molar-refractivity contribution in [2.75, 3.05) is 0 Å². The van der Waals surface area contributed by atoms with Crippen LogP contribution in [0.3, 0.4) is 0 Å². The van der Waals surface area contributed by atoms with Crippen LogP contribution < -0.4 is 0 Å². The third-order valence-corrected chi connectivity index (χ3v) is 4.42.